The number of rotatable bonds is 1. The van der Waals surface area contributed by atoms with Crippen LogP contribution in [0.15, 0.2) is 0 Å². The molecule has 1 aliphatic heterocycles. The summed E-state index contributed by atoms with van der Waals surface area (Å²) in [5.41, 5.74) is -1.02. The molecule has 0 atom stereocenters. The van der Waals surface area contributed by atoms with E-state index in [2.05, 4.69) is 0 Å². The highest BCUT2D eigenvalue weighted by atomic mass is 16.3. The fourth-order valence-corrected chi connectivity index (χ4v) is 1.34. The molecule has 2 N–H and O–H groups in total. The van der Waals surface area contributed by atoms with Crippen molar-refractivity contribution in [1.82, 2.24) is 4.90 Å². The Balaban J connectivity index is 2.53. The van der Waals surface area contributed by atoms with Crippen molar-refractivity contribution in [3.8, 4) is 0 Å². The lowest BCUT2D eigenvalue weighted by molar-refractivity contribution is -0.181. The van der Waals surface area contributed by atoms with Crippen LogP contribution in [0.25, 0.3) is 0 Å². The maximum absolute atomic E-state index is 11.0. The Hall–Kier alpha value is -0.610. The summed E-state index contributed by atoms with van der Waals surface area (Å²) in [5, 5.41) is 18.6. The largest absolute Gasteiger partial charge is 0.387 e. The Morgan fingerprint density at radius 1 is 1.46 bits per heavy atom. The monoisotopic (exact) mass is 187 g/mol. The molecule has 4 nitrogen and oxygen atoms in total. The number of hydrogen-bond donors (Lipinski definition) is 2. The molecule has 76 valence electrons. The van der Waals surface area contributed by atoms with Crippen molar-refractivity contribution in [3.63, 3.8) is 0 Å². The van der Waals surface area contributed by atoms with Crippen molar-refractivity contribution < 1.29 is 15.0 Å². The van der Waals surface area contributed by atoms with E-state index in [4.69, 9.17) is 5.11 Å². The zero-order valence-corrected chi connectivity index (χ0v) is 8.37. The highest BCUT2D eigenvalue weighted by molar-refractivity contribution is 5.78. The number of aliphatic hydroxyl groups is 2. The van der Waals surface area contributed by atoms with Crippen LogP contribution >= 0.6 is 0 Å². The van der Waals surface area contributed by atoms with Crippen molar-refractivity contribution in [2.75, 3.05) is 19.7 Å². The van der Waals surface area contributed by atoms with Crippen LogP contribution in [0.3, 0.4) is 0 Å². The van der Waals surface area contributed by atoms with Gasteiger partial charge in [0.2, 0.25) is 5.91 Å². The van der Waals surface area contributed by atoms with E-state index in [0.717, 1.165) is 0 Å². The minimum atomic E-state index is -0.794. The lowest BCUT2D eigenvalue weighted by Crippen LogP contribution is -2.69. The van der Waals surface area contributed by atoms with E-state index in [0.29, 0.717) is 13.1 Å². The maximum Gasteiger partial charge on any atom is 0.248 e. The average Bonchev–Trinajstić information content (AvgIpc) is 1.95. The predicted molar refractivity (Wildman–Crippen MR) is 48.1 cm³/mol. The lowest BCUT2D eigenvalue weighted by atomic mass is 9.71. The predicted octanol–water partition coefficient (Wildman–Crippen LogP) is -0.402. The zero-order valence-electron chi connectivity index (χ0n) is 8.37. The summed E-state index contributed by atoms with van der Waals surface area (Å²) in [6.07, 6.45) is 0. The molecule has 1 saturated heterocycles. The molecular formula is C9H17NO3. The van der Waals surface area contributed by atoms with E-state index < -0.39 is 12.2 Å². The first-order valence-electron chi connectivity index (χ1n) is 4.41. The van der Waals surface area contributed by atoms with Gasteiger partial charge in [0, 0.05) is 0 Å². The molecule has 0 aliphatic carbocycles. The fraction of sp³-hybridized carbons (Fsp3) is 0.889. The SMILES string of the molecule is CC(C)(C)C1(O)CN(C(=O)CO)C1. The van der Waals surface area contributed by atoms with Gasteiger partial charge in [-0.05, 0) is 5.41 Å². The normalized spacial score (nSPS) is 21.2. The quantitative estimate of drug-likeness (QED) is 0.587. The van der Waals surface area contributed by atoms with E-state index in [9.17, 15) is 9.90 Å². The molecule has 1 rings (SSSR count). The number of nitrogens with zero attached hydrogens (tertiary/aromatic N) is 1. The first-order chi connectivity index (χ1) is 5.80. The van der Waals surface area contributed by atoms with Gasteiger partial charge in [-0.25, -0.2) is 0 Å². The number of β-amino-alcohol motifs (C(OH)–C–C–N with tert-alkyl or cyclic N) is 1. The molecule has 1 amide bonds. The highest BCUT2D eigenvalue weighted by Gasteiger charge is 2.51. The van der Waals surface area contributed by atoms with Crippen molar-refractivity contribution in [2.24, 2.45) is 5.41 Å². The molecule has 0 aromatic heterocycles. The fourth-order valence-electron chi connectivity index (χ4n) is 1.34. The summed E-state index contributed by atoms with van der Waals surface area (Å²) in [7, 11) is 0. The zero-order chi connectivity index (χ0) is 10.3. The molecule has 0 bridgehead atoms. The van der Waals surface area contributed by atoms with Gasteiger partial charge in [0.1, 0.15) is 12.2 Å². The van der Waals surface area contributed by atoms with Gasteiger partial charge in [-0.2, -0.15) is 0 Å². The molecule has 0 aromatic rings. The van der Waals surface area contributed by atoms with Crippen molar-refractivity contribution in [2.45, 2.75) is 26.4 Å². The van der Waals surface area contributed by atoms with E-state index in [1.165, 1.54) is 4.90 Å². The summed E-state index contributed by atoms with van der Waals surface area (Å²) in [6.45, 7) is 6.00. The minimum Gasteiger partial charge on any atom is -0.387 e. The molecular weight excluding hydrogens is 170 g/mol. The van der Waals surface area contributed by atoms with Crippen LogP contribution in [-0.2, 0) is 4.79 Å². The van der Waals surface area contributed by atoms with Gasteiger partial charge in [0.15, 0.2) is 0 Å². The van der Waals surface area contributed by atoms with Crippen molar-refractivity contribution in [1.29, 1.82) is 0 Å². The van der Waals surface area contributed by atoms with Gasteiger partial charge in [0.25, 0.3) is 0 Å². The van der Waals surface area contributed by atoms with Gasteiger partial charge >= 0.3 is 0 Å². The minimum absolute atomic E-state index is 0.223. The number of hydrogen-bond acceptors (Lipinski definition) is 3. The summed E-state index contributed by atoms with van der Waals surface area (Å²) >= 11 is 0. The molecule has 0 saturated carbocycles. The van der Waals surface area contributed by atoms with Gasteiger partial charge in [-0.3, -0.25) is 4.79 Å². The topological polar surface area (TPSA) is 60.8 Å². The summed E-state index contributed by atoms with van der Waals surface area (Å²) < 4.78 is 0. The smallest absolute Gasteiger partial charge is 0.248 e. The molecule has 1 fully saturated rings. The molecule has 1 aliphatic rings. The van der Waals surface area contributed by atoms with Gasteiger partial charge in [0.05, 0.1) is 13.1 Å². The standard InChI is InChI=1S/C9H17NO3/c1-8(2,3)9(13)5-10(6-9)7(12)4-11/h11,13H,4-6H2,1-3H3. The van der Waals surface area contributed by atoms with Crippen LogP contribution in [0.5, 0.6) is 0 Å². The lowest BCUT2D eigenvalue weighted by Gasteiger charge is -2.53. The van der Waals surface area contributed by atoms with E-state index >= 15 is 0 Å². The van der Waals surface area contributed by atoms with E-state index in [1.807, 2.05) is 20.8 Å². The van der Waals surface area contributed by atoms with Crippen LogP contribution in [0, 0.1) is 5.41 Å². The van der Waals surface area contributed by atoms with Crippen LogP contribution < -0.4 is 0 Å². The van der Waals surface area contributed by atoms with Crippen LogP contribution in [-0.4, -0.2) is 46.3 Å². The molecule has 1 heterocycles. The summed E-state index contributed by atoms with van der Waals surface area (Å²) in [4.78, 5) is 12.4. The third-order valence-electron chi connectivity index (χ3n) is 2.79. The van der Waals surface area contributed by atoms with Crippen molar-refractivity contribution >= 4 is 5.91 Å². The second kappa shape index (κ2) is 2.96. The van der Waals surface area contributed by atoms with Gasteiger partial charge < -0.3 is 15.1 Å². The molecule has 0 spiro atoms. The second-order valence-corrected chi connectivity index (χ2v) is 4.69. The van der Waals surface area contributed by atoms with Crippen LogP contribution in [0.2, 0.25) is 0 Å². The van der Waals surface area contributed by atoms with Crippen molar-refractivity contribution in [3.05, 3.63) is 0 Å². The second-order valence-electron chi connectivity index (χ2n) is 4.69. The summed E-state index contributed by atoms with van der Waals surface area (Å²) in [6, 6.07) is 0. The van der Waals surface area contributed by atoms with Gasteiger partial charge in [-0.15, -0.1) is 0 Å². The molecule has 13 heavy (non-hydrogen) atoms. The Kier molecular flexibility index (Phi) is 2.38. The Bertz CT molecular complexity index is 213. The van der Waals surface area contributed by atoms with Gasteiger partial charge in [-0.1, -0.05) is 20.8 Å². The number of carbonyl (C=O) groups excluding carboxylic acids is 1. The number of amides is 1. The first kappa shape index (κ1) is 10.5. The van der Waals surface area contributed by atoms with E-state index in [1.54, 1.807) is 0 Å². The number of likely N-dealkylation sites (tertiary alicyclic amines) is 1. The first-order valence-corrected chi connectivity index (χ1v) is 4.41. The number of aliphatic hydroxyl groups excluding tert-OH is 1. The molecule has 0 aromatic carbocycles. The summed E-state index contributed by atoms with van der Waals surface area (Å²) in [5.74, 6) is -0.311. The third kappa shape index (κ3) is 1.69. The third-order valence-corrected chi connectivity index (χ3v) is 2.79. The molecule has 0 radical (unpaired) electrons. The average molecular weight is 187 g/mol. The maximum atomic E-state index is 11.0. The Labute approximate surface area is 78.2 Å². The Morgan fingerprint density at radius 3 is 2.23 bits per heavy atom. The molecule has 0 unspecified atom stereocenters. The Morgan fingerprint density at radius 2 is 1.92 bits per heavy atom. The van der Waals surface area contributed by atoms with E-state index in [-0.39, 0.29) is 11.3 Å². The van der Waals surface area contributed by atoms with Crippen LogP contribution in [0.1, 0.15) is 20.8 Å². The number of carbonyl (C=O) groups is 1. The van der Waals surface area contributed by atoms with Crippen LogP contribution in [0.4, 0.5) is 0 Å². The molecule has 4 heteroatoms. The highest BCUT2D eigenvalue weighted by Crippen LogP contribution is 2.37.